The third-order valence-electron chi connectivity index (χ3n) is 2.49. The van der Waals surface area contributed by atoms with Gasteiger partial charge in [-0.05, 0) is 33.0 Å². The minimum atomic E-state index is -3.32. The maximum absolute atomic E-state index is 11.9. The lowest BCUT2D eigenvalue weighted by Gasteiger charge is -2.17. The van der Waals surface area contributed by atoms with Crippen molar-refractivity contribution in [2.75, 3.05) is 13.6 Å². The van der Waals surface area contributed by atoms with Gasteiger partial charge in [-0.25, -0.2) is 13.1 Å². The largest absolute Gasteiger partial charge is 0.318 e. The van der Waals surface area contributed by atoms with Crippen LogP contribution in [0.2, 0.25) is 0 Å². The summed E-state index contributed by atoms with van der Waals surface area (Å²) in [4.78, 5) is 4.13. The molecule has 0 spiro atoms. The summed E-state index contributed by atoms with van der Waals surface area (Å²) < 4.78 is 26.5. The van der Waals surface area contributed by atoms with Crippen molar-refractivity contribution in [1.82, 2.24) is 15.0 Å². The third-order valence-corrected chi connectivity index (χ3v) is 4.40. The number of sulfonamides is 1. The van der Waals surface area contributed by atoms with Crippen LogP contribution < -0.4 is 10.0 Å². The van der Waals surface area contributed by atoms with Crippen LogP contribution in [-0.4, -0.2) is 32.2 Å². The number of nitrogens with one attached hydrogen (secondary N) is 2. The van der Waals surface area contributed by atoms with Crippen molar-refractivity contribution in [3.63, 3.8) is 0 Å². The maximum atomic E-state index is 11.9. The SMILES string of the molecule is CNCC(C)S(=O)(=O)NC(C)c1ccccn1. The topological polar surface area (TPSA) is 71.1 Å². The molecular formula is C11H19N3O2S. The monoisotopic (exact) mass is 257 g/mol. The van der Waals surface area contributed by atoms with E-state index in [1.807, 2.05) is 6.07 Å². The standard InChI is InChI=1S/C11H19N3O2S/c1-9(8-12-3)17(15,16)14-10(2)11-6-4-5-7-13-11/h4-7,9-10,12,14H,8H2,1-3H3. The van der Waals surface area contributed by atoms with Crippen LogP contribution in [0, 0.1) is 0 Å². The van der Waals surface area contributed by atoms with E-state index in [1.54, 1.807) is 39.2 Å². The Kier molecular flexibility index (Phi) is 5.04. The first-order valence-corrected chi connectivity index (χ1v) is 7.08. The highest BCUT2D eigenvalue weighted by molar-refractivity contribution is 7.90. The average Bonchev–Trinajstić information content (AvgIpc) is 2.30. The number of hydrogen-bond acceptors (Lipinski definition) is 4. The minimum Gasteiger partial charge on any atom is -0.318 e. The maximum Gasteiger partial charge on any atom is 0.216 e. The Labute approximate surface area is 103 Å². The quantitative estimate of drug-likeness (QED) is 0.786. The molecule has 0 fully saturated rings. The summed E-state index contributed by atoms with van der Waals surface area (Å²) >= 11 is 0. The van der Waals surface area contributed by atoms with Gasteiger partial charge in [0.2, 0.25) is 10.0 Å². The van der Waals surface area contributed by atoms with Crippen molar-refractivity contribution < 1.29 is 8.42 Å². The molecule has 17 heavy (non-hydrogen) atoms. The van der Waals surface area contributed by atoms with Gasteiger partial charge in [0.25, 0.3) is 0 Å². The zero-order valence-electron chi connectivity index (χ0n) is 10.3. The van der Waals surface area contributed by atoms with Crippen molar-refractivity contribution in [3.05, 3.63) is 30.1 Å². The molecule has 2 unspecified atom stereocenters. The fraction of sp³-hybridized carbons (Fsp3) is 0.545. The molecule has 5 nitrogen and oxygen atoms in total. The van der Waals surface area contributed by atoms with Crippen LogP contribution >= 0.6 is 0 Å². The van der Waals surface area contributed by atoms with Gasteiger partial charge in [-0.1, -0.05) is 6.07 Å². The number of nitrogens with zero attached hydrogens (tertiary/aromatic N) is 1. The minimum absolute atomic E-state index is 0.319. The molecule has 1 aromatic rings. The first kappa shape index (κ1) is 14.1. The molecule has 1 heterocycles. The van der Waals surface area contributed by atoms with Gasteiger partial charge in [0.15, 0.2) is 0 Å². The van der Waals surface area contributed by atoms with Crippen LogP contribution in [0.1, 0.15) is 25.6 Å². The lowest BCUT2D eigenvalue weighted by atomic mass is 10.2. The highest BCUT2D eigenvalue weighted by Crippen LogP contribution is 2.11. The summed E-state index contributed by atoms with van der Waals surface area (Å²) in [7, 11) is -1.59. The van der Waals surface area contributed by atoms with Crippen LogP contribution in [0.3, 0.4) is 0 Å². The third kappa shape index (κ3) is 4.07. The Hall–Kier alpha value is -0.980. The Morgan fingerprint density at radius 2 is 2.06 bits per heavy atom. The molecule has 0 aliphatic carbocycles. The number of rotatable bonds is 6. The Balaban J connectivity index is 2.71. The normalized spacial score (nSPS) is 15.5. The van der Waals surface area contributed by atoms with Gasteiger partial charge in [-0.15, -0.1) is 0 Å². The molecular weight excluding hydrogens is 238 g/mol. The summed E-state index contributed by atoms with van der Waals surface area (Å²) in [5.74, 6) is 0. The highest BCUT2D eigenvalue weighted by Gasteiger charge is 2.22. The summed E-state index contributed by atoms with van der Waals surface area (Å²) in [6.07, 6.45) is 1.65. The zero-order chi connectivity index (χ0) is 12.9. The zero-order valence-corrected chi connectivity index (χ0v) is 11.2. The van der Waals surface area contributed by atoms with Crippen LogP contribution in [0.25, 0.3) is 0 Å². The molecule has 0 bridgehead atoms. The Bertz CT molecular complexity index is 433. The average molecular weight is 257 g/mol. The summed E-state index contributed by atoms with van der Waals surface area (Å²) in [5, 5.41) is 2.38. The lowest BCUT2D eigenvalue weighted by molar-refractivity contribution is 0.547. The first-order valence-electron chi connectivity index (χ1n) is 5.54. The predicted octanol–water partition coefficient (Wildman–Crippen LogP) is 0.670. The molecule has 96 valence electrons. The van der Waals surface area contributed by atoms with E-state index in [4.69, 9.17) is 0 Å². The van der Waals surface area contributed by atoms with Crippen LogP contribution in [0.5, 0.6) is 0 Å². The Morgan fingerprint density at radius 3 is 2.59 bits per heavy atom. The highest BCUT2D eigenvalue weighted by atomic mass is 32.2. The predicted molar refractivity (Wildman–Crippen MR) is 68.1 cm³/mol. The second kappa shape index (κ2) is 6.09. The summed E-state index contributed by atoms with van der Waals surface area (Å²) in [6.45, 7) is 3.88. The van der Waals surface area contributed by atoms with E-state index in [-0.39, 0.29) is 6.04 Å². The fourth-order valence-electron chi connectivity index (χ4n) is 1.45. The molecule has 1 aromatic heterocycles. The van der Waals surface area contributed by atoms with Crippen LogP contribution in [-0.2, 0) is 10.0 Å². The van der Waals surface area contributed by atoms with Crippen molar-refractivity contribution in [3.8, 4) is 0 Å². The summed E-state index contributed by atoms with van der Waals surface area (Å²) in [6, 6.07) is 5.12. The molecule has 2 N–H and O–H groups in total. The molecule has 1 rings (SSSR count). The molecule has 0 aromatic carbocycles. The molecule has 0 saturated heterocycles. The van der Waals surface area contributed by atoms with Gasteiger partial charge >= 0.3 is 0 Å². The van der Waals surface area contributed by atoms with E-state index in [0.29, 0.717) is 12.2 Å². The van der Waals surface area contributed by atoms with Gasteiger partial charge < -0.3 is 5.32 Å². The van der Waals surface area contributed by atoms with E-state index >= 15 is 0 Å². The second-order valence-electron chi connectivity index (χ2n) is 4.01. The van der Waals surface area contributed by atoms with Crippen LogP contribution in [0.4, 0.5) is 0 Å². The summed E-state index contributed by atoms with van der Waals surface area (Å²) in [5.41, 5.74) is 0.715. The number of aromatic nitrogens is 1. The van der Waals surface area contributed by atoms with Gasteiger partial charge in [-0.2, -0.15) is 0 Å². The van der Waals surface area contributed by atoms with E-state index in [1.165, 1.54) is 0 Å². The molecule has 0 amide bonds. The van der Waals surface area contributed by atoms with Crippen LogP contribution in [0.15, 0.2) is 24.4 Å². The molecule has 0 aliphatic heterocycles. The molecule has 2 atom stereocenters. The van der Waals surface area contributed by atoms with E-state index in [9.17, 15) is 8.42 Å². The van der Waals surface area contributed by atoms with Gasteiger partial charge in [0.1, 0.15) is 0 Å². The van der Waals surface area contributed by atoms with E-state index in [2.05, 4.69) is 15.0 Å². The number of pyridine rings is 1. The fourth-order valence-corrected chi connectivity index (χ4v) is 2.68. The Morgan fingerprint density at radius 1 is 1.35 bits per heavy atom. The van der Waals surface area contributed by atoms with Gasteiger partial charge in [0, 0.05) is 12.7 Å². The molecule has 0 radical (unpaired) electrons. The first-order chi connectivity index (χ1) is 7.97. The van der Waals surface area contributed by atoms with Crippen molar-refractivity contribution in [2.45, 2.75) is 25.1 Å². The number of hydrogen-bond donors (Lipinski definition) is 2. The lowest BCUT2D eigenvalue weighted by Crippen LogP contribution is -2.39. The van der Waals surface area contributed by atoms with Crippen molar-refractivity contribution in [2.24, 2.45) is 0 Å². The molecule has 6 heteroatoms. The smallest absolute Gasteiger partial charge is 0.216 e. The van der Waals surface area contributed by atoms with E-state index in [0.717, 1.165) is 0 Å². The molecule has 0 aliphatic rings. The van der Waals surface area contributed by atoms with E-state index < -0.39 is 15.3 Å². The van der Waals surface area contributed by atoms with Gasteiger partial charge in [-0.3, -0.25) is 4.98 Å². The molecule has 0 saturated carbocycles. The van der Waals surface area contributed by atoms with Crippen molar-refractivity contribution in [1.29, 1.82) is 0 Å². The van der Waals surface area contributed by atoms with Gasteiger partial charge in [0.05, 0.1) is 17.0 Å². The second-order valence-corrected chi connectivity index (χ2v) is 6.14. The van der Waals surface area contributed by atoms with Crippen molar-refractivity contribution >= 4 is 10.0 Å².